The minimum Gasteiger partial charge on any atom is -0.240 e. The fourth-order valence-corrected chi connectivity index (χ4v) is 0.660. The lowest BCUT2D eigenvalue weighted by Crippen LogP contribution is -1.89. The number of aryl methyl sites for hydroxylation is 2. The van der Waals surface area contributed by atoms with Crippen molar-refractivity contribution in [2.75, 3.05) is 0 Å². The van der Waals surface area contributed by atoms with Crippen LogP contribution in [0.4, 0.5) is 0 Å². The maximum atomic E-state index is 5.66. The minimum absolute atomic E-state index is 0.626. The van der Waals surface area contributed by atoms with Crippen LogP contribution < -0.4 is 0 Å². The predicted molar refractivity (Wildman–Crippen MR) is 36.5 cm³/mol. The summed E-state index contributed by atoms with van der Waals surface area (Å²) in [5, 5.41) is 0.626. The average Bonchev–Trinajstić information content (AvgIpc) is 1.80. The highest BCUT2D eigenvalue weighted by Crippen LogP contribution is 2.09. The van der Waals surface area contributed by atoms with Crippen LogP contribution in [0, 0.1) is 13.8 Å². The standard InChI is InChI=1S/C6H7ClN2/c1-4-6(7)3-8-5(2)9-4/h3H,1-2H3. The van der Waals surface area contributed by atoms with Gasteiger partial charge in [-0.15, -0.1) is 0 Å². The Labute approximate surface area is 58.9 Å². The van der Waals surface area contributed by atoms with E-state index < -0.39 is 0 Å². The summed E-state index contributed by atoms with van der Waals surface area (Å²) in [4.78, 5) is 7.93. The first-order chi connectivity index (χ1) is 4.20. The Morgan fingerprint density at radius 2 is 2.11 bits per heavy atom. The molecule has 0 aromatic carbocycles. The molecule has 0 aliphatic heterocycles. The van der Waals surface area contributed by atoms with Gasteiger partial charge in [0.15, 0.2) is 0 Å². The molecule has 0 amide bonds. The number of hydrogen-bond donors (Lipinski definition) is 0. The first-order valence-corrected chi connectivity index (χ1v) is 3.03. The van der Waals surface area contributed by atoms with Gasteiger partial charge in [0.1, 0.15) is 5.82 Å². The Balaban J connectivity index is 3.17. The molecule has 0 atom stereocenters. The summed E-state index contributed by atoms with van der Waals surface area (Å²) >= 11 is 5.66. The maximum absolute atomic E-state index is 5.66. The van der Waals surface area contributed by atoms with E-state index in [-0.39, 0.29) is 0 Å². The van der Waals surface area contributed by atoms with Gasteiger partial charge in [0.05, 0.1) is 10.7 Å². The summed E-state index contributed by atoms with van der Waals surface area (Å²) in [5.41, 5.74) is 0.837. The van der Waals surface area contributed by atoms with Crippen LogP contribution in [0.3, 0.4) is 0 Å². The Bertz CT molecular complexity index is 222. The lowest BCUT2D eigenvalue weighted by Gasteiger charge is -1.94. The molecule has 0 saturated heterocycles. The molecule has 2 nitrogen and oxygen atoms in total. The third kappa shape index (κ3) is 1.39. The molecule has 1 rings (SSSR count). The monoisotopic (exact) mass is 142 g/mol. The van der Waals surface area contributed by atoms with E-state index in [9.17, 15) is 0 Å². The van der Waals surface area contributed by atoms with Gasteiger partial charge in [-0.1, -0.05) is 11.6 Å². The van der Waals surface area contributed by atoms with Crippen molar-refractivity contribution in [3.63, 3.8) is 0 Å². The second kappa shape index (κ2) is 2.31. The van der Waals surface area contributed by atoms with Crippen LogP contribution in [0.2, 0.25) is 5.02 Å². The highest BCUT2D eigenvalue weighted by Gasteiger charge is 1.94. The molecule has 1 aromatic rings. The van der Waals surface area contributed by atoms with E-state index in [0.717, 1.165) is 11.5 Å². The molecular weight excluding hydrogens is 136 g/mol. The van der Waals surface area contributed by atoms with Crippen LogP contribution >= 0.6 is 11.6 Å². The largest absolute Gasteiger partial charge is 0.240 e. The molecule has 48 valence electrons. The third-order valence-corrected chi connectivity index (χ3v) is 1.41. The van der Waals surface area contributed by atoms with Crippen LogP contribution in [0.5, 0.6) is 0 Å². The van der Waals surface area contributed by atoms with Gasteiger partial charge in [-0.3, -0.25) is 0 Å². The number of halogens is 1. The van der Waals surface area contributed by atoms with Gasteiger partial charge in [-0.25, -0.2) is 9.97 Å². The average molecular weight is 143 g/mol. The molecular formula is C6H7ClN2. The van der Waals surface area contributed by atoms with Gasteiger partial charge >= 0.3 is 0 Å². The molecule has 0 aliphatic carbocycles. The molecule has 9 heavy (non-hydrogen) atoms. The Morgan fingerprint density at radius 3 is 2.56 bits per heavy atom. The molecule has 0 unspecified atom stereocenters. The van der Waals surface area contributed by atoms with Gasteiger partial charge in [0, 0.05) is 6.20 Å². The van der Waals surface area contributed by atoms with Crippen molar-refractivity contribution in [2.45, 2.75) is 13.8 Å². The fraction of sp³-hybridized carbons (Fsp3) is 0.333. The lowest BCUT2D eigenvalue weighted by atomic mass is 10.4. The highest BCUT2D eigenvalue weighted by atomic mass is 35.5. The number of rotatable bonds is 0. The van der Waals surface area contributed by atoms with Crippen LogP contribution in [0.25, 0.3) is 0 Å². The molecule has 1 heterocycles. The minimum atomic E-state index is 0.626. The molecule has 3 heteroatoms. The summed E-state index contributed by atoms with van der Waals surface area (Å²) in [6.45, 7) is 3.69. The first-order valence-electron chi connectivity index (χ1n) is 2.66. The molecule has 0 spiro atoms. The van der Waals surface area contributed by atoms with Crippen LogP contribution in [0.15, 0.2) is 6.20 Å². The summed E-state index contributed by atoms with van der Waals surface area (Å²) in [6, 6.07) is 0. The van der Waals surface area contributed by atoms with Crippen molar-refractivity contribution < 1.29 is 0 Å². The van der Waals surface area contributed by atoms with Gasteiger partial charge in [0.25, 0.3) is 0 Å². The van der Waals surface area contributed by atoms with E-state index in [0.29, 0.717) is 5.02 Å². The molecule has 1 aromatic heterocycles. The number of hydrogen-bond acceptors (Lipinski definition) is 2. The smallest absolute Gasteiger partial charge is 0.125 e. The highest BCUT2D eigenvalue weighted by molar-refractivity contribution is 6.31. The van der Waals surface area contributed by atoms with E-state index in [1.54, 1.807) is 6.20 Å². The molecule has 0 N–H and O–H groups in total. The van der Waals surface area contributed by atoms with Gasteiger partial charge in [-0.05, 0) is 13.8 Å². The van der Waals surface area contributed by atoms with Crippen molar-refractivity contribution in [3.05, 3.63) is 22.7 Å². The topological polar surface area (TPSA) is 25.8 Å². The fourth-order valence-electron chi connectivity index (χ4n) is 0.568. The van der Waals surface area contributed by atoms with E-state index in [1.807, 2.05) is 13.8 Å². The second-order valence-electron chi connectivity index (χ2n) is 1.85. The van der Waals surface area contributed by atoms with Crippen LogP contribution in [-0.2, 0) is 0 Å². The van der Waals surface area contributed by atoms with E-state index in [2.05, 4.69) is 9.97 Å². The van der Waals surface area contributed by atoms with Crippen molar-refractivity contribution in [3.8, 4) is 0 Å². The summed E-state index contributed by atoms with van der Waals surface area (Å²) in [5.74, 6) is 0.761. The molecule has 0 bridgehead atoms. The SMILES string of the molecule is Cc1ncc(Cl)c(C)n1. The third-order valence-electron chi connectivity index (χ3n) is 1.04. The quantitative estimate of drug-likeness (QED) is 0.552. The van der Waals surface area contributed by atoms with Crippen LogP contribution in [-0.4, -0.2) is 9.97 Å². The lowest BCUT2D eigenvalue weighted by molar-refractivity contribution is 1.01. The normalized spacial score (nSPS) is 9.67. The summed E-state index contributed by atoms with van der Waals surface area (Å²) < 4.78 is 0. The van der Waals surface area contributed by atoms with Crippen LogP contribution in [0.1, 0.15) is 11.5 Å². The van der Waals surface area contributed by atoms with E-state index in [1.165, 1.54) is 0 Å². The Kier molecular flexibility index (Phi) is 1.67. The van der Waals surface area contributed by atoms with Crippen molar-refractivity contribution >= 4 is 11.6 Å². The summed E-state index contributed by atoms with van der Waals surface area (Å²) in [7, 11) is 0. The van der Waals surface area contributed by atoms with Gasteiger partial charge < -0.3 is 0 Å². The first kappa shape index (κ1) is 6.49. The van der Waals surface area contributed by atoms with Gasteiger partial charge in [0.2, 0.25) is 0 Å². The van der Waals surface area contributed by atoms with Crippen molar-refractivity contribution in [1.29, 1.82) is 0 Å². The van der Waals surface area contributed by atoms with Crippen molar-refractivity contribution in [1.82, 2.24) is 9.97 Å². The number of nitrogens with zero attached hydrogens (tertiary/aromatic N) is 2. The van der Waals surface area contributed by atoms with Gasteiger partial charge in [-0.2, -0.15) is 0 Å². The van der Waals surface area contributed by atoms with E-state index in [4.69, 9.17) is 11.6 Å². The Morgan fingerprint density at radius 1 is 1.44 bits per heavy atom. The number of aromatic nitrogens is 2. The maximum Gasteiger partial charge on any atom is 0.125 e. The molecule has 0 fully saturated rings. The predicted octanol–water partition coefficient (Wildman–Crippen LogP) is 1.75. The summed E-state index contributed by atoms with van der Waals surface area (Å²) in [6.07, 6.45) is 1.61. The van der Waals surface area contributed by atoms with Crippen molar-refractivity contribution in [2.24, 2.45) is 0 Å². The zero-order valence-corrected chi connectivity index (χ0v) is 6.11. The zero-order valence-electron chi connectivity index (χ0n) is 5.35. The second-order valence-corrected chi connectivity index (χ2v) is 2.26. The molecule has 0 aliphatic rings. The Hall–Kier alpha value is -0.630. The molecule has 0 saturated carbocycles. The zero-order chi connectivity index (χ0) is 6.85. The molecule has 0 radical (unpaired) electrons. The van der Waals surface area contributed by atoms with E-state index >= 15 is 0 Å².